The van der Waals surface area contributed by atoms with E-state index in [1.807, 2.05) is 24.3 Å². The molecule has 0 radical (unpaired) electrons. The third kappa shape index (κ3) is 2.93. The fraction of sp³-hybridized carbons (Fsp3) is 0.429. The molecule has 5 heteroatoms. The van der Waals surface area contributed by atoms with E-state index in [-0.39, 0.29) is 12.3 Å². The van der Waals surface area contributed by atoms with Crippen LogP contribution < -0.4 is 0 Å². The van der Waals surface area contributed by atoms with Gasteiger partial charge in [-0.15, -0.1) is 0 Å². The minimum atomic E-state index is -0.958. The lowest BCUT2D eigenvalue weighted by atomic mass is 9.94. The minimum absolute atomic E-state index is 0.177. The normalized spacial score (nSPS) is 17.9. The highest BCUT2D eigenvalue weighted by Gasteiger charge is 2.33. The predicted molar refractivity (Wildman–Crippen MR) is 68.6 cm³/mol. The molecule has 1 aromatic rings. The maximum atomic E-state index is 12.1. The number of rotatable bonds is 4. The van der Waals surface area contributed by atoms with Crippen LogP contribution in [0.1, 0.15) is 17.5 Å². The van der Waals surface area contributed by atoms with Gasteiger partial charge in [-0.05, 0) is 11.1 Å². The first-order chi connectivity index (χ1) is 9.13. The van der Waals surface area contributed by atoms with Crippen LogP contribution in [0.2, 0.25) is 0 Å². The number of carbonyl (C=O) groups excluding carboxylic acids is 1. The molecule has 1 atom stereocenters. The largest absolute Gasteiger partial charge is 0.480 e. The van der Waals surface area contributed by atoms with Gasteiger partial charge in [-0.2, -0.15) is 0 Å². The smallest absolute Gasteiger partial charge is 0.326 e. The second-order valence-electron chi connectivity index (χ2n) is 4.59. The Morgan fingerprint density at radius 2 is 2.05 bits per heavy atom. The lowest BCUT2D eigenvalue weighted by Gasteiger charge is -2.34. The van der Waals surface area contributed by atoms with E-state index >= 15 is 0 Å². The van der Waals surface area contributed by atoms with Crippen LogP contribution >= 0.6 is 0 Å². The van der Waals surface area contributed by atoms with Crippen molar-refractivity contribution in [2.75, 3.05) is 13.7 Å². The quantitative estimate of drug-likeness (QED) is 0.882. The zero-order valence-electron chi connectivity index (χ0n) is 10.8. The molecule has 1 aromatic carbocycles. The van der Waals surface area contributed by atoms with Gasteiger partial charge in [0.05, 0.1) is 13.0 Å². The molecule has 0 aromatic heterocycles. The molecule has 1 amide bonds. The van der Waals surface area contributed by atoms with Gasteiger partial charge in [0.15, 0.2) is 0 Å². The molecule has 1 aliphatic rings. The maximum absolute atomic E-state index is 12.1. The van der Waals surface area contributed by atoms with Crippen molar-refractivity contribution in [1.29, 1.82) is 0 Å². The Labute approximate surface area is 111 Å². The number of benzene rings is 1. The molecule has 1 heterocycles. The van der Waals surface area contributed by atoms with Gasteiger partial charge in [0, 0.05) is 20.1 Å². The van der Waals surface area contributed by atoms with Crippen LogP contribution in [0.5, 0.6) is 0 Å². The van der Waals surface area contributed by atoms with Gasteiger partial charge in [-0.25, -0.2) is 4.79 Å². The lowest BCUT2D eigenvalue weighted by molar-refractivity contribution is -0.151. The van der Waals surface area contributed by atoms with E-state index in [9.17, 15) is 14.7 Å². The van der Waals surface area contributed by atoms with E-state index in [1.165, 1.54) is 12.0 Å². The molecule has 102 valence electrons. The predicted octanol–water partition coefficient (Wildman–Crippen LogP) is 1.06. The average Bonchev–Trinajstić information content (AvgIpc) is 2.43. The van der Waals surface area contributed by atoms with Gasteiger partial charge in [0.25, 0.3) is 0 Å². The van der Waals surface area contributed by atoms with E-state index in [1.54, 1.807) is 0 Å². The van der Waals surface area contributed by atoms with E-state index in [2.05, 4.69) is 0 Å². The summed E-state index contributed by atoms with van der Waals surface area (Å²) < 4.78 is 4.87. The first kappa shape index (κ1) is 13.5. The Kier molecular flexibility index (Phi) is 4.16. The van der Waals surface area contributed by atoms with Gasteiger partial charge in [-0.1, -0.05) is 24.3 Å². The van der Waals surface area contributed by atoms with Crippen molar-refractivity contribution in [2.45, 2.75) is 25.4 Å². The summed E-state index contributed by atoms with van der Waals surface area (Å²) in [6.07, 6.45) is 0.576. The van der Waals surface area contributed by atoms with Crippen molar-refractivity contribution in [2.24, 2.45) is 0 Å². The van der Waals surface area contributed by atoms with Crippen LogP contribution in [0.4, 0.5) is 0 Å². The first-order valence-corrected chi connectivity index (χ1v) is 6.21. The second-order valence-corrected chi connectivity index (χ2v) is 4.59. The Morgan fingerprint density at radius 3 is 2.68 bits per heavy atom. The number of carboxylic acid groups (broad SMARTS) is 1. The first-order valence-electron chi connectivity index (χ1n) is 6.21. The summed E-state index contributed by atoms with van der Waals surface area (Å²) in [5.41, 5.74) is 2.02. The Bertz CT molecular complexity index is 486. The number of ether oxygens (including phenoxy) is 1. The van der Waals surface area contributed by atoms with E-state index in [4.69, 9.17) is 4.74 Å². The van der Waals surface area contributed by atoms with Crippen molar-refractivity contribution >= 4 is 11.9 Å². The van der Waals surface area contributed by atoms with E-state index in [0.717, 1.165) is 11.1 Å². The molecule has 0 fully saturated rings. The third-order valence-electron chi connectivity index (χ3n) is 3.37. The number of methoxy groups -OCH3 is 1. The van der Waals surface area contributed by atoms with Gasteiger partial charge in [-0.3, -0.25) is 4.79 Å². The summed E-state index contributed by atoms with van der Waals surface area (Å²) in [6.45, 7) is 0.666. The molecule has 0 spiro atoms. The van der Waals surface area contributed by atoms with Crippen LogP contribution in [0.15, 0.2) is 24.3 Å². The molecule has 0 bridgehead atoms. The van der Waals surface area contributed by atoms with Crippen LogP contribution in [-0.4, -0.2) is 41.6 Å². The highest BCUT2D eigenvalue weighted by atomic mass is 16.5. The Morgan fingerprint density at radius 1 is 1.37 bits per heavy atom. The number of carboxylic acids is 1. The second kappa shape index (κ2) is 5.84. The standard InChI is InChI=1S/C14H17NO4/c1-19-7-6-13(16)15-9-11-5-3-2-4-10(11)8-12(15)14(17)18/h2-5,12H,6-9H2,1H3,(H,17,18)/t12-/m1/s1. The molecule has 19 heavy (non-hydrogen) atoms. The van der Waals surface area contributed by atoms with Crippen LogP contribution in [0.25, 0.3) is 0 Å². The van der Waals surface area contributed by atoms with Crippen molar-refractivity contribution in [1.82, 2.24) is 4.90 Å². The molecular weight excluding hydrogens is 246 g/mol. The average molecular weight is 263 g/mol. The molecule has 5 nitrogen and oxygen atoms in total. The zero-order valence-corrected chi connectivity index (χ0v) is 10.8. The summed E-state index contributed by atoms with van der Waals surface area (Å²) in [5.74, 6) is -1.14. The van der Waals surface area contributed by atoms with Gasteiger partial charge < -0.3 is 14.7 Å². The lowest BCUT2D eigenvalue weighted by Crippen LogP contribution is -2.48. The number of nitrogens with zero attached hydrogens (tertiary/aromatic N) is 1. The topological polar surface area (TPSA) is 66.8 Å². The third-order valence-corrected chi connectivity index (χ3v) is 3.37. The molecule has 1 N–H and O–H groups in total. The summed E-state index contributed by atoms with van der Waals surface area (Å²) in [5, 5.41) is 9.28. The van der Waals surface area contributed by atoms with Gasteiger partial charge >= 0.3 is 5.97 Å². The minimum Gasteiger partial charge on any atom is -0.480 e. The molecule has 2 rings (SSSR count). The maximum Gasteiger partial charge on any atom is 0.326 e. The Balaban J connectivity index is 2.21. The van der Waals surface area contributed by atoms with Crippen LogP contribution in [0.3, 0.4) is 0 Å². The monoisotopic (exact) mass is 263 g/mol. The molecular formula is C14H17NO4. The highest BCUT2D eigenvalue weighted by Crippen LogP contribution is 2.24. The SMILES string of the molecule is COCCC(=O)N1Cc2ccccc2C[C@@H]1C(=O)O. The van der Waals surface area contributed by atoms with Crippen molar-refractivity contribution in [3.8, 4) is 0 Å². The number of fused-ring (bicyclic) bond motifs is 1. The number of hydrogen-bond donors (Lipinski definition) is 1. The molecule has 0 saturated carbocycles. The number of aliphatic carboxylic acids is 1. The fourth-order valence-electron chi connectivity index (χ4n) is 2.34. The number of hydrogen-bond acceptors (Lipinski definition) is 3. The summed E-state index contributed by atoms with van der Waals surface area (Å²) in [4.78, 5) is 24.8. The van der Waals surface area contributed by atoms with Gasteiger partial charge in [0.2, 0.25) is 5.91 Å². The molecule has 1 aliphatic heterocycles. The van der Waals surface area contributed by atoms with Crippen LogP contribution in [-0.2, 0) is 27.3 Å². The fourth-order valence-corrected chi connectivity index (χ4v) is 2.34. The van der Waals surface area contributed by atoms with Gasteiger partial charge in [0.1, 0.15) is 6.04 Å². The van der Waals surface area contributed by atoms with E-state index in [0.29, 0.717) is 19.6 Å². The summed E-state index contributed by atoms with van der Waals surface area (Å²) >= 11 is 0. The Hall–Kier alpha value is -1.88. The van der Waals surface area contributed by atoms with Crippen molar-refractivity contribution in [3.63, 3.8) is 0 Å². The molecule has 0 saturated heterocycles. The molecule has 0 unspecified atom stereocenters. The summed E-state index contributed by atoms with van der Waals surface area (Å²) in [6, 6.07) is 6.86. The van der Waals surface area contributed by atoms with Crippen molar-refractivity contribution < 1.29 is 19.4 Å². The summed E-state index contributed by atoms with van der Waals surface area (Å²) in [7, 11) is 1.52. The van der Waals surface area contributed by atoms with Crippen molar-refractivity contribution in [3.05, 3.63) is 35.4 Å². The van der Waals surface area contributed by atoms with E-state index < -0.39 is 12.0 Å². The number of amides is 1. The molecule has 0 aliphatic carbocycles. The zero-order chi connectivity index (χ0) is 13.8. The number of carbonyl (C=O) groups is 2. The van der Waals surface area contributed by atoms with Crippen LogP contribution in [0, 0.1) is 0 Å². The highest BCUT2D eigenvalue weighted by molar-refractivity contribution is 5.84.